The van der Waals surface area contributed by atoms with E-state index < -0.39 is 13.9 Å². The number of carbonyl (C=O) groups is 1. The van der Waals surface area contributed by atoms with Gasteiger partial charge in [-0.05, 0) is 37.5 Å². The molecule has 0 atom stereocenters. The molecule has 0 spiro atoms. The van der Waals surface area contributed by atoms with E-state index in [0.717, 1.165) is 16.7 Å². The summed E-state index contributed by atoms with van der Waals surface area (Å²) in [6.07, 6.45) is 0. The van der Waals surface area contributed by atoms with Crippen molar-refractivity contribution in [2.75, 3.05) is 0 Å². The van der Waals surface area contributed by atoms with Crippen molar-refractivity contribution in [3.8, 4) is 0 Å². The van der Waals surface area contributed by atoms with E-state index in [9.17, 15) is 4.79 Å². The van der Waals surface area contributed by atoms with Crippen LogP contribution in [-0.4, -0.2) is 15.3 Å². The maximum Gasteiger partial charge on any atom is 0.243 e. The summed E-state index contributed by atoms with van der Waals surface area (Å²) >= 11 is 0. The van der Waals surface area contributed by atoms with Gasteiger partial charge < -0.3 is 9.79 Å². The first-order valence-electron chi connectivity index (χ1n) is 4.24. The molecule has 0 aromatic heterocycles. The normalized spacial score (nSPS) is 10.7. The third-order valence-electron chi connectivity index (χ3n) is 2.34. The maximum absolute atomic E-state index is 11.5. The fourth-order valence-electron chi connectivity index (χ4n) is 1.38. The second-order valence-corrected chi connectivity index (χ2v) is 4.28. The van der Waals surface area contributed by atoms with Crippen LogP contribution in [0.1, 0.15) is 27.0 Å². The zero-order chi connectivity index (χ0) is 10.9. The maximum atomic E-state index is 11.5. The van der Waals surface area contributed by atoms with Gasteiger partial charge in [-0.25, -0.2) is 0 Å². The van der Waals surface area contributed by atoms with Crippen LogP contribution in [0.15, 0.2) is 12.1 Å². The number of hydrogen-bond donors (Lipinski definition) is 2. The molecule has 76 valence electrons. The Morgan fingerprint density at radius 2 is 1.64 bits per heavy atom. The molecule has 0 radical (unpaired) electrons. The summed E-state index contributed by atoms with van der Waals surface area (Å²) in [5.74, 6) is 0. The van der Waals surface area contributed by atoms with Crippen LogP contribution in [0.3, 0.4) is 0 Å². The van der Waals surface area contributed by atoms with E-state index in [1.807, 2.05) is 26.0 Å². The van der Waals surface area contributed by atoms with Gasteiger partial charge >= 0.3 is 0 Å². The lowest BCUT2D eigenvalue weighted by Crippen LogP contribution is -2.03. The number of benzene rings is 1. The molecule has 0 heterocycles. The van der Waals surface area contributed by atoms with E-state index in [1.54, 1.807) is 6.92 Å². The Hall–Kier alpha value is -0.760. The molecule has 0 aliphatic rings. The summed E-state index contributed by atoms with van der Waals surface area (Å²) < 4.78 is 0. The first-order chi connectivity index (χ1) is 6.45. The lowest BCUT2D eigenvalue weighted by atomic mass is 9.99. The summed E-state index contributed by atoms with van der Waals surface area (Å²) in [6.45, 7) is 5.50. The minimum atomic E-state index is -2.52. The molecule has 0 saturated heterocycles. The Balaban J connectivity index is 3.33. The largest absolute Gasteiger partial charge is 0.344 e. The molecular formula is C10H13O3P. The summed E-state index contributed by atoms with van der Waals surface area (Å²) in [7, 11) is -2.52. The van der Waals surface area contributed by atoms with E-state index >= 15 is 0 Å². The molecule has 1 aromatic carbocycles. The average molecular weight is 212 g/mol. The minimum Gasteiger partial charge on any atom is -0.344 e. The number of hydrogen-bond acceptors (Lipinski definition) is 3. The first-order valence-corrected chi connectivity index (χ1v) is 5.49. The molecule has 0 unspecified atom stereocenters. The molecule has 1 aromatic rings. The fourth-order valence-corrected chi connectivity index (χ4v) is 1.92. The Morgan fingerprint density at radius 1 is 1.14 bits per heavy atom. The zero-order valence-corrected chi connectivity index (χ0v) is 9.30. The van der Waals surface area contributed by atoms with Crippen molar-refractivity contribution < 1.29 is 14.6 Å². The molecule has 0 bridgehead atoms. The van der Waals surface area contributed by atoms with Crippen molar-refractivity contribution in [3.63, 3.8) is 0 Å². The van der Waals surface area contributed by atoms with Crippen molar-refractivity contribution in [2.45, 2.75) is 20.8 Å². The van der Waals surface area contributed by atoms with Crippen molar-refractivity contribution >= 4 is 13.9 Å². The van der Waals surface area contributed by atoms with Crippen LogP contribution in [0, 0.1) is 20.8 Å². The summed E-state index contributed by atoms with van der Waals surface area (Å²) in [6, 6.07) is 3.73. The number of carbonyl (C=O) groups excluding carboxylic acids is 1. The van der Waals surface area contributed by atoms with E-state index in [-0.39, 0.29) is 0 Å². The third-order valence-corrected chi connectivity index (χ3v) is 2.93. The highest BCUT2D eigenvalue weighted by atomic mass is 31.2. The quantitative estimate of drug-likeness (QED) is 0.737. The molecule has 4 heteroatoms. The fraction of sp³-hybridized carbons (Fsp3) is 0.300. The van der Waals surface area contributed by atoms with Crippen LogP contribution in [0.25, 0.3) is 0 Å². The van der Waals surface area contributed by atoms with E-state index in [2.05, 4.69) is 0 Å². The highest BCUT2D eigenvalue weighted by Gasteiger charge is 2.20. The van der Waals surface area contributed by atoms with Gasteiger partial charge in [-0.15, -0.1) is 0 Å². The van der Waals surface area contributed by atoms with Crippen molar-refractivity contribution in [1.82, 2.24) is 0 Å². The van der Waals surface area contributed by atoms with E-state index in [1.165, 1.54) is 0 Å². The predicted molar refractivity (Wildman–Crippen MR) is 56.3 cm³/mol. The molecule has 1 rings (SSSR count). The summed E-state index contributed by atoms with van der Waals surface area (Å²) in [5.41, 5.74) is 2.47. The monoisotopic (exact) mass is 212 g/mol. The van der Waals surface area contributed by atoms with Crippen molar-refractivity contribution in [2.24, 2.45) is 0 Å². The Labute approximate surface area is 84.3 Å². The zero-order valence-electron chi connectivity index (χ0n) is 8.40. The topological polar surface area (TPSA) is 57.5 Å². The molecule has 0 amide bonds. The van der Waals surface area contributed by atoms with Gasteiger partial charge in [0.05, 0.1) is 0 Å². The molecule has 0 saturated carbocycles. The molecular weight excluding hydrogens is 199 g/mol. The highest BCUT2D eigenvalue weighted by molar-refractivity contribution is 7.65. The second kappa shape index (κ2) is 4.18. The van der Waals surface area contributed by atoms with Gasteiger partial charge in [-0.2, -0.15) is 0 Å². The van der Waals surface area contributed by atoms with Gasteiger partial charge in [0.1, 0.15) is 0 Å². The standard InChI is InChI=1S/C10H13O3P/c1-6-4-5-7(2)9(8(6)3)10(11)14(12)13/h4-5,12-13H,1-3H3. The Morgan fingerprint density at radius 3 is 2.14 bits per heavy atom. The van der Waals surface area contributed by atoms with E-state index in [4.69, 9.17) is 9.79 Å². The van der Waals surface area contributed by atoms with Crippen molar-refractivity contribution in [1.29, 1.82) is 0 Å². The summed E-state index contributed by atoms with van der Waals surface area (Å²) in [5, 5.41) is 0. The Kier molecular flexibility index (Phi) is 3.38. The van der Waals surface area contributed by atoms with Crippen LogP contribution >= 0.6 is 8.38 Å². The van der Waals surface area contributed by atoms with Gasteiger partial charge in [0.2, 0.25) is 13.9 Å². The third kappa shape index (κ3) is 2.01. The highest BCUT2D eigenvalue weighted by Crippen LogP contribution is 2.32. The Bertz CT molecular complexity index is 372. The molecule has 0 aliphatic carbocycles. The molecule has 14 heavy (non-hydrogen) atoms. The van der Waals surface area contributed by atoms with Gasteiger partial charge in [-0.1, -0.05) is 12.1 Å². The SMILES string of the molecule is Cc1ccc(C)c(C(=O)P(O)O)c1C. The van der Waals surface area contributed by atoms with Gasteiger partial charge in [0.25, 0.3) is 0 Å². The predicted octanol–water partition coefficient (Wildman–Crippen LogP) is 2.05. The summed E-state index contributed by atoms with van der Waals surface area (Å²) in [4.78, 5) is 29.2. The van der Waals surface area contributed by atoms with Gasteiger partial charge in [-0.3, -0.25) is 4.79 Å². The second-order valence-electron chi connectivity index (χ2n) is 3.29. The molecule has 0 aliphatic heterocycles. The average Bonchev–Trinajstić information content (AvgIpc) is 2.12. The van der Waals surface area contributed by atoms with Gasteiger partial charge in [0.15, 0.2) is 0 Å². The number of rotatable bonds is 2. The van der Waals surface area contributed by atoms with Crippen LogP contribution in [0.2, 0.25) is 0 Å². The molecule has 3 nitrogen and oxygen atoms in total. The minimum absolute atomic E-state index is 0.445. The molecule has 2 N–H and O–H groups in total. The van der Waals surface area contributed by atoms with E-state index in [0.29, 0.717) is 5.56 Å². The lowest BCUT2D eigenvalue weighted by molar-refractivity contribution is 0.105. The van der Waals surface area contributed by atoms with Crippen LogP contribution in [0.4, 0.5) is 0 Å². The van der Waals surface area contributed by atoms with Crippen LogP contribution in [-0.2, 0) is 0 Å². The van der Waals surface area contributed by atoms with Gasteiger partial charge in [0, 0.05) is 5.56 Å². The first kappa shape index (κ1) is 11.3. The van der Waals surface area contributed by atoms with Crippen LogP contribution < -0.4 is 0 Å². The smallest absolute Gasteiger partial charge is 0.243 e. The molecule has 0 fully saturated rings. The van der Waals surface area contributed by atoms with Crippen molar-refractivity contribution in [3.05, 3.63) is 34.4 Å². The number of aryl methyl sites for hydroxylation is 2. The lowest BCUT2D eigenvalue weighted by Gasteiger charge is -2.11. The van der Waals surface area contributed by atoms with Crippen LogP contribution in [0.5, 0.6) is 0 Å².